The van der Waals surface area contributed by atoms with Crippen LogP contribution >= 0.6 is 11.3 Å². The number of thiazole rings is 1. The van der Waals surface area contributed by atoms with E-state index in [4.69, 9.17) is 9.98 Å². The van der Waals surface area contributed by atoms with Crippen molar-refractivity contribution in [2.24, 2.45) is 4.99 Å². The zero-order chi connectivity index (χ0) is 16.2. The number of hydrogen-bond donors (Lipinski definition) is 2. The van der Waals surface area contributed by atoms with E-state index in [2.05, 4.69) is 43.3 Å². The van der Waals surface area contributed by atoms with Gasteiger partial charge in [-0.25, -0.2) is 9.98 Å². The summed E-state index contributed by atoms with van der Waals surface area (Å²) in [5.41, 5.74) is 1.22. The van der Waals surface area contributed by atoms with Gasteiger partial charge in [0.2, 0.25) is 0 Å². The number of guanidine groups is 1. The summed E-state index contributed by atoms with van der Waals surface area (Å²) >= 11 is 1.68. The Morgan fingerprint density at radius 2 is 2.14 bits per heavy atom. The van der Waals surface area contributed by atoms with Gasteiger partial charge in [0.15, 0.2) is 5.96 Å². The molecule has 0 atom stereocenters. The van der Waals surface area contributed by atoms with Crippen molar-refractivity contribution in [1.29, 1.82) is 0 Å². The normalized spacial score (nSPS) is 17.9. The summed E-state index contributed by atoms with van der Waals surface area (Å²) in [7, 11) is 0. The quantitative estimate of drug-likeness (QED) is 0.662. The Labute approximate surface area is 137 Å². The number of rotatable bonds is 3. The Hall–Kier alpha value is -1.14. The van der Waals surface area contributed by atoms with Crippen molar-refractivity contribution in [2.45, 2.75) is 58.6 Å². The summed E-state index contributed by atoms with van der Waals surface area (Å²) in [6.45, 7) is 11.8. The summed E-state index contributed by atoms with van der Waals surface area (Å²) in [5, 5.41) is 16.2. The maximum Gasteiger partial charge on any atom is 0.194 e. The van der Waals surface area contributed by atoms with Crippen molar-refractivity contribution < 1.29 is 5.11 Å². The number of likely N-dealkylation sites (tertiary alicyclic amines) is 1. The van der Waals surface area contributed by atoms with Gasteiger partial charge in [0.05, 0.1) is 18.3 Å². The van der Waals surface area contributed by atoms with E-state index in [1.54, 1.807) is 11.3 Å². The average Bonchev–Trinajstić information content (AvgIpc) is 2.93. The summed E-state index contributed by atoms with van der Waals surface area (Å²) in [6.07, 6.45) is 1.47. The molecule has 0 amide bonds. The lowest BCUT2D eigenvalue weighted by atomic mass is 9.93. The van der Waals surface area contributed by atoms with Gasteiger partial charge in [-0.3, -0.25) is 0 Å². The van der Waals surface area contributed by atoms with E-state index in [-0.39, 0.29) is 11.5 Å². The molecule has 1 aliphatic rings. The molecule has 22 heavy (non-hydrogen) atoms. The second-order valence-electron chi connectivity index (χ2n) is 6.76. The minimum absolute atomic E-state index is 0.0893. The number of hydrogen-bond acceptors (Lipinski definition) is 4. The molecule has 1 aromatic rings. The molecule has 0 spiro atoms. The number of aromatic nitrogens is 1. The highest BCUT2D eigenvalue weighted by atomic mass is 32.1. The van der Waals surface area contributed by atoms with Crippen LogP contribution in [-0.2, 0) is 12.0 Å². The zero-order valence-corrected chi connectivity index (χ0v) is 14.9. The van der Waals surface area contributed by atoms with Crippen molar-refractivity contribution >= 4 is 17.3 Å². The summed E-state index contributed by atoms with van der Waals surface area (Å²) < 4.78 is 0. The van der Waals surface area contributed by atoms with E-state index < -0.39 is 0 Å². The van der Waals surface area contributed by atoms with E-state index in [9.17, 15) is 5.11 Å². The maximum absolute atomic E-state index is 9.63. The van der Waals surface area contributed by atoms with Gasteiger partial charge in [0.1, 0.15) is 5.01 Å². The molecule has 0 saturated carbocycles. The predicted octanol–water partition coefficient (Wildman–Crippen LogP) is 2.36. The van der Waals surface area contributed by atoms with Crippen LogP contribution in [0.4, 0.5) is 0 Å². The minimum Gasteiger partial charge on any atom is -0.393 e. The number of nitrogens with zero attached hydrogens (tertiary/aromatic N) is 3. The molecule has 6 heteroatoms. The number of piperidine rings is 1. The summed E-state index contributed by atoms with van der Waals surface area (Å²) in [4.78, 5) is 11.7. The van der Waals surface area contributed by atoms with Gasteiger partial charge in [0, 0.05) is 30.4 Å². The SMILES string of the molecule is CCNC(=NCc1nc(C(C)(C)C)cs1)N1CCC(O)CC1. The molecular formula is C16H28N4OS. The molecule has 1 aromatic heterocycles. The number of aliphatic hydroxyl groups is 1. The van der Waals surface area contributed by atoms with Crippen LogP contribution in [0, 0.1) is 0 Å². The van der Waals surface area contributed by atoms with Crippen LogP contribution in [0.5, 0.6) is 0 Å². The van der Waals surface area contributed by atoms with Crippen molar-refractivity contribution in [3.05, 3.63) is 16.1 Å². The summed E-state index contributed by atoms with van der Waals surface area (Å²) in [6, 6.07) is 0. The predicted molar refractivity (Wildman–Crippen MR) is 92.4 cm³/mol. The topological polar surface area (TPSA) is 60.8 Å². The monoisotopic (exact) mass is 324 g/mol. The van der Waals surface area contributed by atoms with Crippen LogP contribution in [0.2, 0.25) is 0 Å². The first-order valence-electron chi connectivity index (χ1n) is 8.06. The lowest BCUT2D eigenvalue weighted by Crippen LogP contribution is -2.46. The Morgan fingerprint density at radius 3 is 2.68 bits per heavy atom. The molecule has 2 N–H and O–H groups in total. The molecule has 0 aliphatic carbocycles. The van der Waals surface area contributed by atoms with Crippen molar-refractivity contribution in [3.8, 4) is 0 Å². The van der Waals surface area contributed by atoms with Gasteiger partial charge < -0.3 is 15.3 Å². The molecule has 1 aliphatic heterocycles. The fraction of sp³-hybridized carbons (Fsp3) is 0.750. The molecule has 0 bridgehead atoms. The molecule has 0 unspecified atom stereocenters. The van der Waals surface area contributed by atoms with Crippen LogP contribution < -0.4 is 5.32 Å². The first kappa shape index (κ1) is 17.2. The lowest BCUT2D eigenvalue weighted by Gasteiger charge is -2.32. The van der Waals surface area contributed by atoms with E-state index in [1.807, 2.05) is 0 Å². The highest BCUT2D eigenvalue weighted by Crippen LogP contribution is 2.24. The highest BCUT2D eigenvalue weighted by molar-refractivity contribution is 7.09. The maximum atomic E-state index is 9.63. The second kappa shape index (κ2) is 7.42. The van der Waals surface area contributed by atoms with Crippen molar-refractivity contribution in [1.82, 2.24) is 15.2 Å². The van der Waals surface area contributed by atoms with Gasteiger partial charge in [-0.15, -0.1) is 11.3 Å². The third-order valence-electron chi connectivity index (χ3n) is 3.78. The Morgan fingerprint density at radius 1 is 1.45 bits per heavy atom. The molecule has 5 nitrogen and oxygen atoms in total. The lowest BCUT2D eigenvalue weighted by molar-refractivity contribution is 0.108. The fourth-order valence-corrected chi connectivity index (χ4v) is 3.32. The van der Waals surface area contributed by atoms with Gasteiger partial charge in [-0.1, -0.05) is 20.8 Å². The minimum atomic E-state index is -0.160. The van der Waals surface area contributed by atoms with Crippen LogP contribution in [0.15, 0.2) is 10.4 Å². The fourth-order valence-electron chi connectivity index (χ4n) is 2.37. The second-order valence-corrected chi connectivity index (χ2v) is 7.71. The smallest absolute Gasteiger partial charge is 0.194 e. The van der Waals surface area contributed by atoms with Gasteiger partial charge in [0.25, 0.3) is 0 Å². The Balaban J connectivity index is 2.02. The average molecular weight is 324 g/mol. The molecule has 1 saturated heterocycles. The van der Waals surface area contributed by atoms with Gasteiger partial charge in [-0.05, 0) is 19.8 Å². The number of aliphatic imine (C=N–C) groups is 1. The number of nitrogens with one attached hydrogen (secondary N) is 1. The van der Waals surface area contributed by atoms with E-state index in [0.717, 1.165) is 49.1 Å². The third-order valence-corrected chi connectivity index (χ3v) is 4.62. The molecule has 2 rings (SSSR count). The largest absolute Gasteiger partial charge is 0.393 e. The van der Waals surface area contributed by atoms with Gasteiger partial charge in [-0.2, -0.15) is 0 Å². The zero-order valence-electron chi connectivity index (χ0n) is 14.1. The van der Waals surface area contributed by atoms with E-state index >= 15 is 0 Å². The van der Waals surface area contributed by atoms with Crippen LogP contribution in [0.1, 0.15) is 51.2 Å². The van der Waals surface area contributed by atoms with Crippen LogP contribution in [0.25, 0.3) is 0 Å². The highest BCUT2D eigenvalue weighted by Gasteiger charge is 2.20. The van der Waals surface area contributed by atoms with E-state index in [0.29, 0.717) is 6.54 Å². The molecular weight excluding hydrogens is 296 g/mol. The van der Waals surface area contributed by atoms with Crippen LogP contribution in [-0.4, -0.2) is 46.7 Å². The Kier molecular flexibility index (Phi) is 5.81. The Bertz CT molecular complexity index is 498. The molecule has 124 valence electrons. The van der Waals surface area contributed by atoms with Crippen molar-refractivity contribution in [2.75, 3.05) is 19.6 Å². The number of aliphatic hydroxyl groups excluding tert-OH is 1. The summed E-state index contributed by atoms with van der Waals surface area (Å²) in [5.74, 6) is 0.932. The standard InChI is InChI=1S/C16H28N4OS/c1-5-17-15(20-8-6-12(21)7-9-20)18-10-14-19-13(11-22-14)16(2,3)4/h11-12,21H,5-10H2,1-4H3,(H,17,18). The van der Waals surface area contributed by atoms with Crippen LogP contribution in [0.3, 0.4) is 0 Å². The van der Waals surface area contributed by atoms with Gasteiger partial charge >= 0.3 is 0 Å². The molecule has 0 radical (unpaired) electrons. The third kappa shape index (κ3) is 4.68. The molecule has 1 fully saturated rings. The van der Waals surface area contributed by atoms with E-state index in [1.165, 1.54) is 0 Å². The molecule has 0 aromatic carbocycles. The molecule has 2 heterocycles. The van der Waals surface area contributed by atoms with Crippen molar-refractivity contribution in [3.63, 3.8) is 0 Å². The first-order chi connectivity index (χ1) is 10.4. The first-order valence-corrected chi connectivity index (χ1v) is 8.94.